The van der Waals surface area contributed by atoms with Gasteiger partial charge in [-0.3, -0.25) is 0 Å². The van der Waals surface area contributed by atoms with Crippen LogP contribution in [0.25, 0.3) is 11.1 Å². The van der Waals surface area contributed by atoms with E-state index in [2.05, 4.69) is 10.3 Å². The first-order valence-corrected chi connectivity index (χ1v) is 7.48. The normalized spacial score (nSPS) is 12.8. The van der Waals surface area contributed by atoms with E-state index in [-0.39, 0.29) is 6.54 Å². The summed E-state index contributed by atoms with van der Waals surface area (Å²) in [5.74, 6) is 0. The van der Waals surface area contributed by atoms with Crippen LogP contribution in [0.2, 0.25) is 0 Å². The number of hydrogen-bond donors (Lipinski definition) is 1. The summed E-state index contributed by atoms with van der Waals surface area (Å²) in [6, 6.07) is 7.72. The summed E-state index contributed by atoms with van der Waals surface area (Å²) in [7, 11) is -3.13. The molecule has 0 amide bonds. The molecule has 0 aliphatic heterocycles. The van der Waals surface area contributed by atoms with Crippen molar-refractivity contribution in [3.8, 4) is 0 Å². The van der Waals surface area contributed by atoms with Gasteiger partial charge in [-0.2, -0.15) is 4.98 Å². The van der Waals surface area contributed by atoms with Gasteiger partial charge in [-0.05, 0) is 26.0 Å². The Hall–Kier alpha value is -1.56. The number of aromatic nitrogens is 1. The van der Waals surface area contributed by atoms with Crippen LogP contribution in [0, 0.1) is 0 Å². The molecule has 98 valence electrons. The average Bonchev–Trinajstić information content (AvgIpc) is 2.67. The van der Waals surface area contributed by atoms with E-state index in [9.17, 15) is 8.42 Å². The number of sulfone groups is 1. The first-order chi connectivity index (χ1) is 8.29. The fourth-order valence-corrected chi connectivity index (χ4v) is 1.70. The van der Waals surface area contributed by atoms with Gasteiger partial charge in [0.25, 0.3) is 6.01 Å². The molecule has 0 saturated heterocycles. The quantitative estimate of drug-likeness (QED) is 0.919. The number of benzene rings is 1. The topological polar surface area (TPSA) is 72.2 Å². The molecule has 1 aromatic carbocycles. The Morgan fingerprint density at radius 2 is 2.00 bits per heavy atom. The highest BCUT2D eigenvalue weighted by molar-refractivity contribution is 7.92. The zero-order chi connectivity index (χ0) is 13.4. The number of hydrogen-bond acceptors (Lipinski definition) is 5. The van der Waals surface area contributed by atoms with E-state index < -0.39 is 14.6 Å². The first kappa shape index (κ1) is 12.9. The maximum atomic E-state index is 11.6. The molecule has 1 aromatic heterocycles. The minimum atomic E-state index is -3.13. The lowest BCUT2D eigenvalue weighted by Gasteiger charge is -2.21. The minimum Gasteiger partial charge on any atom is -0.424 e. The predicted octanol–water partition coefficient (Wildman–Crippen LogP) is 2.06. The van der Waals surface area contributed by atoms with E-state index in [1.54, 1.807) is 13.8 Å². The number of nitrogens with one attached hydrogen (secondary N) is 1. The van der Waals surface area contributed by atoms with Crippen molar-refractivity contribution in [2.24, 2.45) is 0 Å². The molecule has 0 fully saturated rings. The molecule has 0 radical (unpaired) electrons. The zero-order valence-electron chi connectivity index (χ0n) is 10.6. The van der Waals surface area contributed by atoms with Crippen molar-refractivity contribution in [1.82, 2.24) is 4.98 Å². The van der Waals surface area contributed by atoms with Crippen LogP contribution in [-0.2, 0) is 9.84 Å². The molecule has 0 aliphatic rings. The molecular formula is C12H16N2O3S. The Morgan fingerprint density at radius 1 is 1.33 bits per heavy atom. The molecule has 0 spiro atoms. The van der Waals surface area contributed by atoms with Gasteiger partial charge >= 0.3 is 0 Å². The number of rotatable bonds is 4. The average molecular weight is 268 g/mol. The van der Waals surface area contributed by atoms with Crippen molar-refractivity contribution >= 4 is 27.0 Å². The Kier molecular flexibility index (Phi) is 3.06. The van der Waals surface area contributed by atoms with Crippen molar-refractivity contribution in [2.75, 3.05) is 18.1 Å². The molecule has 0 bridgehead atoms. The summed E-state index contributed by atoms with van der Waals surface area (Å²) in [5.41, 5.74) is 1.43. The van der Waals surface area contributed by atoms with E-state index in [4.69, 9.17) is 4.42 Å². The summed E-state index contributed by atoms with van der Waals surface area (Å²) < 4.78 is 27.7. The third kappa shape index (κ3) is 2.48. The van der Waals surface area contributed by atoms with Gasteiger partial charge in [-0.1, -0.05) is 12.1 Å². The molecule has 18 heavy (non-hydrogen) atoms. The highest BCUT2D eigenvalue weighted by atomic mass is 32.2. The number of fused-ring (bicyclic) bond motifs is 1. The van der Waals surface area contributed by atoms with Gasteiger partial charge in [0.05, 0.1) is 4.75 Å². The van der Waals surface area contributed by atoms with E-state index in [1.807, 2.05) is 24.3 Å². The van der Waals surface area contributed by atoms with E-state index in [1.165, 1.54) is 6.26 Å². The molecule has 2 rings (SSSR count). The molecule has 1 heterocycles. The second kappa shape index (κ2) is 4.28. The maximum absolute atomic E-state index is 11.6. The summed E-state index contributed by atoms with van der Waals surface area (Å²) in [6.45, 7) is 3.58. The number of anilines is 1. The third-order valence-corrected chi connectivity index (χ3v) is 5.11. The van der Waals surface area contributed by atoms with Gasteiger partial charge in [0.1, 0.15) is 5.52 Å². The number of para-hydroxylation sites is 2. The standard InChI is InChI=1S/C12H16N2O3S/c1-12(2,18(3,15)16)8-13-11-14-9-6-4-5-7-10(9)17-11/h4-7H,8H2,1-3H3,(H,13,14). The number of nitrogens with zero attached hydrogens (tertiary/aromatic N) is 1. The molecule has 0 aliphatic carbocycles. The SMILES string of the molecule is CC(C)(CNc1nc2ccccc2o1)S(C)(=O)=O. The Morgan fingerprint density at radius 3 is 2.61 bits per heavy atom. The van der Waals surface area contributed by atoms with Crippen LogP contribution < -0.4 is 5.32 Å². The van der Waals surface area contributed by atoms with Crippen LogP contribution in [-0.4, -0.2) is 30.9 Å². The van der Waals surface area contributed by atoms with Crippen LogP contribution in [0.3, 0.4) is 0 Å². The van der Waals surface area contributed by atoms with Gasteiger partial charge in [-0.15, -0.1) is 0 Å². The van der Waals surface area contributed by atoms with Gasteiger partial charge in [0.2, 0.25) is 0 Å². The molecule has 0 atom stereocenters. The molecule has 0 saturated carbocycles. The molecule has 1 N–H and O–H groups in total. The van der Waals surface area contributed by atoms with Crippen molar-refractivity contribution in [3.63, 3.8) is 0 Å². The smallest absolute Gasteiger partial charge is 0.295 e. The Balaban J connectivity index is 2.16. The fraction of sp³-hybridized carbons (Fsp3) is 0.417. The first-order valence-electron chi connectivity index (χ1n) is 5.59. The molecule has 5 nitrogen and oxygen atoms in total. The van der Waals surface area contributed by atoms with Gasteiger partial charge < -0.3 is 9.73 Å². The Labute approximate surface area is 106 Å². The highest BCUT2D eigenvalue weighted by Gasteiger charge is 2.30. The minimum absolute atomic E-state index is 0.249. The molecule has 2 aromatic rings. The van der Waals surface area contributed by atoms with Crippen molar-refractivity contribution in [2.45, 2.75) is 18.6 Å². The largest absolute Gasteiger partial charge is 0.424 e. The Bertz CT molecular complexity index is 626. The van der Waals surface area contributed by atoms with Crippen LogP contribution in [0.5, 0.6) is 0 Å². The predicted molar refractivity (Wildman–Crippen MR) is 71.4 cm³/mol. The third-order valence-electron chi connectivity index (χ3n) is 2.96. The maximum Gasteiger partial charge on any atom is 0.295 e. The second-order valence-corrected chi connectivity index (χ2v) is 7.52. The van der Waals surface area contributed by atoms with Gasteiger partial charge in [-0.25, -0.2) is 8.42 Å². The van der Waals surface area contributed by atoms with E-state index in [0.29, 0.717) is 11.6 Å². The highest BCUT2D eigenvalue weighted by Crippen LogP contribution is 2.20. The van der Waals surface area contributed by atoms with Crippen molar-refractivity contribution in [1.29, 1.82) is 0 Å². The lowest BCUT2D eigenvalue weighted by Crippen LogP contribution is -2.38. The molecule has 0 unspecified atom stereocenters. The summed E-state index contributed by atoms with van der Waals surface area (Å²) in [5, 5.41) is 2.92. The zero-order valence-corrected chi connectivity index (χ0v) is 11.4. The lowest BCUT2D eigenvalue weighted by molar-refractivity contribution is 0.553. The van der Waals surface area contributed by atoms with Gasteiger partial charge in [0, 0.05) is 12.8 Å². The summed E-state index contributed by atoms with van der Waals surface area (Å²) >= 11 is 0. The van der Waals surface area contributed by atoms with Crippen molar-refractivity contribution in [3.05, 3.63) is 24.3 Å². The van der Waals surface area contributed by atoms with Crippen LogP contribution in [0.4, 0.5) is 6.01 Å². The van der Waals surface area contributed by atoms with Crippen LogP contribution >= 0.6 is 0 Å². The second-order valence-electron chi connectivity index (χ2n) is 4.87. The molecular weight excluding hydrogens is 252 g/mol. The fourth-order valence-electron chi connectivity index (χ4n) is 1.37. The number of oxazole rings is 1. The van der Waals surface area contributed by atoms with Gasteiger partial charge in [0.15, 0.2) is 15.4 Å². The van der Waals surface area contributed by atoms with Crippen LogP contribution in [0.1, 0.15) is 13.8 Å². The van der Waals surface area contributed by atoms with E-state index >= 15 is 0 Å². The van der Waals surface area contributed by atoms with Crippen LogP contribution in [0.15, 0.2) is 28.7 Å². The molecule has 6 heteroatoms. The van der Waals surface area contributed by atoms with E-state index in [0.717, 1.165) is 5.52 Å². The summed E-state index contributed by atoms with van der Waals surface area (Å²) in [4.78, 5) is 4.23. The van der Waals surface area contributed by atoms with Crippen molar-refractivity contribution < 1.29 is 12.8 Å². The monoisotopic (exact) mass is 268 g/mol. The lowest BCUT2D eigenvalue weighted by atomic mass is 10.2. The summed E-state index contributed by atoms with van der Waals surface area (Å²) in [6.07, 6.45) is 1.22.